The third kappa shape index (κ3) is 3.23. The van der Waals surface area contributed by atoms with E-state index in [1.807, 2.05) is 17.5 Å². The molecule has 0 spiro atoms. The van der Waals surface area contributed by atoms with Crippen LogP contribution < -0.4 is 0 Å². The summed E-state index contributed by atoms with van der Waals surface area (Å²) in [6.45, 7) is 0.0980. The Bertz CT molecular complexity index is 719. The van der Waals surface area contributed by atoms with Crippen LogP contribution in [0.1, 0.15) is 38.1 Å². The Kier molecular flexibility index (Phi) is 4.60. The first-order valence-corrected chi connectivity index (χ1v) is 9.99. The molecule has 0 atom stereocenters. The fourth-order valence-corrected chi connectivity index (χ4v) is 4.57. The van der Waals surface area contributed by atoms with E-state index in [1.165, 1.54) is 11.3 Å². The quantitative estimate of drug-likeness (QED) is 0.745. The van der Waals surface area contributed by atoms with Gasteiger partial charge in [-0.15, -0.1) is 21.5 Å². The molecule has 0 radical (unpaired) electrons. The van der Waals surface area contributed by atoms with Crippen LogP contribution in [0.2, 0.25) is 0 Å². The first kappa shape index (κ1) is 15.6. The molecule has 1 saturated carbocycles. The number of hydrogen-bond donors (Lipinski definition) is 1. The summed E-state index contributed by atoms with van der Waals surface area (Å²) in [5.41, 5.74) is 0. The first-order chi connectivity index (χ1) is 10.6. The van der Waals surface area contributed by atoms with Gasteiger partial charge in [-0.3, -0.25) is 4.57 Å². The van der Waals surface area contributed by atoms with E-state index < -0.39 is 9.84 Å². The Morgan fingerprint density at radius 2 is 2.09 bits per heavy atom. The average molecular weight is 341 g/mol. The van der Waals surface area contributed by atoms with Gasteiger partial charge in [0.15, 0.2) is 5.82 Å². The van der Waals surface area contributed by atoms with Crippen LogP contribution in [0.5, 0.6) is 0 Å². The van der Waals surface area contributed by atoms with E-state index in [1.54, 1.807) is 4.57 Å². The van der Waals surface area contributed by atoms with Gasteiger partial charge in [0.05, 0.1) is 10.6 Å². The van der Waals surface area contributed by atoms with Crippen molar-refractivity contribution in [2.75, 3.05) is 12.4 Å². The fourth-order valence-electron chi connectivity index (χ4n) is 2.40. The maximum Gasteiger partial charge on any atom is 0.250 e. The number of unbranched alkanes of at least 4 members (excludes halogenated alkanes) is 2. The lowest BCUT2D eigenvalue weighted by Crippen LogP contribution is -2.14. The summed E-state index contributed by atoms with van der Waals surface area (Å²) in [5.74, 6) is 0.717. The highest BCUT2D eigenvalue weighted by Gasteiger charge is 2.34. The zero-order valence-corrected chi connectivity index (χ0v) is 13.8. The summed E-state index contributed by atoms with van der Waals surface area (Å²) >= 11 is 1.54. The lowest BCUT2D eigenvalue weighted by Gasteiger charge is -2.08. The molecule has 22 heavy (non-hydrogen) atoms. The van der Waals surface area contributed by atoms with Crippen molar-refractivity contribution in [2.45, 2.75) is 43.3 Å². The molecule has 1 aliphatic carbocycles. The zero-order valence-electron chi connectivity index (χ0n) is 12.2. The Balaban J connectivity index is 1.87. The van der Waals surface area contributed by atoms with E-state index >= 15 is 0 Å². The number of aromatic nitrogens is 3. The summed E-state index contributed by atoms with van der Waals surface area (Å²) in [4.78, 5) is 0.945. The van der Waals surface area contributed by atoms with E-state index in [0.29, 0.717) is 25.1 Å². The third-order valence-electron chi connectivity index (χ3n) is 3.67. The molecule has 1 N–H and O–H groups in total. The maximum absolute atomic E-state index is 12.5. The molecule has 1 aliphatic rings. The monoisotopic (exact) mass is 341 g/mol. The van der Waals surface area contributed by atoms with Gasteiger partial charge in [0.25, 0.3) is 0 Å². The SMILES string of the molecule is O=S(=O)(CCCCCO)c1nnc(-c2cccs2)n1C1CC1. The van der Waals surface area contributed by atoms with Gasteiger partial charge >= 0.3 is 0 Å². The molecule has 0 unspecified atom stereocenters. The van der Waals surface area contributed by atoms with Gasteiger partial charge in [-0.05, 0) is 37.1 Å². The number of aliphatic hydroxyl groups is 1. The van der Waals surface area contributed by atoms with Gasteiger partial charge in [0.1, 0.15) is 0 Å². The molecule has 6 nitrogen and oxygen atoms in total. The van der Waals surface area contributed by atoms with Crippen molar-refractivity contribution in [2.24, 2.45) is 0 Å². The van der Waals surface area contributed by atoms with E-state index in [2.05, 4.69) is 10.2 Å². The van der Waals surface area contributed by atoms with Crippen LogP contribution in [0.25, 0.3) is 10.7 Å². The second-order valence-corrected chi connectivity index (χ2v) is 8.44. The van der Waals surface area contributed by atoms with E-state index in [-0.39, 0.29) is 23.6 Å². The minimum atomic E-state index is -3.43. The average Bonchev–Trinajstić information content (AvgIpc) is 3.03. The summed E-state index contributed by atoms with van der Waals surface area (Å²) in [5, 5.41) is 18.9. The van der Waals surface area contributed by atoms with Gasteiger partial charge in [0.2, 0.25) is 15.0 Å². The highest BCUT2D eigenvalue weighted by molar-refractivity contribution is 7.91. The van der Waals surface area contributed by atoms with Gasteiger partial charge in [-0.25, -0.2) is 8.42 Å². The molecule has 0 amide bonds. The van der Waals surface area contributed by atoms with Crippen molar-refractivity contribution < 1.29 is 13.5 Å². The number of hydrogen-bond acceptors (Lipinski definition) is 6. The molecular formula is C14H19N3O3S2. The van der Waals surface area contributed by atoms with Crippen molar-refractivity contribution in [3.63, 3.8) is 0 Å². The Morgan fingerprint density at radius 1 is 1.27 bits per heavy atom. The molecule has 8 heteroatoms. The number of aliphatic hydroxyl groups excluding tert-OH is 1. The van der Waals surface area contributed by atoms with Crippen LogP contribution in [-0.2, 0) is 9.84 Å². The Hall–Kier alpha value is -1.25. The van der Waals surface area contributed by atoms with Gasteiger partial charge in [-0.2, -0.15) is 0 Å². The lowest BCUT2D eigenvalue weighted by atomic mass is 10.3. The summed E-state index contributed by atoms with van der Waals surface area (Å²) < 4.78 is 26.9. The highest BCUT2D eigenvalue weighted by Crippen LogP contribution is 2.40. The van der Waals surface area contributed by atoms with Crippen molar-refractivity contribution >= 4 is 21.2 Å². The molecular weight excluding hydrogens is 322 g/mol. The van der Waals surface area contributed by atoms with Crippen LogP contribution in [0.15, 0.2) is 22.7 Å². The first-order valence-electron chi connectivity index (χ1n) is 7.46. The van der Waals surface area contributed by atoms with Crippen LogP contribution in [0.4, 0.5) is 0 Å². The second kappa shape index (κ2) is 6.47. The van der Waals surface area contributed by atoms with Crippen LogP contribution in [0.3, 0.4) is 0 Å². The second-order valence-electron chi connectivity index (χ2n) is 5.49. The van der Waals surface area contributed by atoms with E-state index in [9.17, 15) is 8.42 Å². The minimum Gasteiger partial charge on any atom is -0.396 e. The molecule has 2 aromatic heterocycles. The third-order valence-corrected chi connectivity index (χ3v) is 6.19. The molecule has 0 aliphatic heterocycles. The molecule has 3 rings (SSSR count). The van der Waals surface area contributed by atoms with Gasteiger partial charge in [-0.1, -0.05) is 12.5 Å². The Labute approximate surface area is 133 Å². The fraction of sp³-hybridized carbons (Fsp3) is 0.571. The topological polar surface area (TPSA) is 85.1 Å². The summed E-state index contributed by atoms with van der Waals surface area (Å²) in [6.07, 6.45) is 3.82. The van der Waals surface area contributed by atoms with Crippen LogP contribution in [-0.4, -0.2) is 40.6 Å². The van der Waals surface area contributed by atoms with E-state index in [4.69, 9.17) is 5.11 Å². The Morgan fingerprint density at radius 3 is 2.73 bits per heavy atom. The normalized spacial score (nSPS) is 15.3. The van der Waals surface area contributed by atoms with Crippen molar-refractivity contribution in [1.29, 1.82) is 0 Å². The molecule has 1 fully saturated rings. The number of sulfone groups is 1. The van der Waals surface area contributed by atoms with Crippen molar-refractivity contribution in [3.8, 4) is 10.7 Å². The summed E-state index contributed by atoms with van der Waals surface area (Å²) in [7, 11) is -3.43. The number of thiophene rings is 1. The number of rotatable bonds is 8. The summed E-state index contributed by atoms with van der Waals surface area (Å²) in [6, 6.07) is 4.06. The lowest BCUT2D eigenvalue weighted by molar-refractivity contribution is 0.284. The molecule has 0 bridgehead atoms. The predicted molar refractivity (Wildman–Crippen MR) is 84.6 cm³/mol. The molecule has 120 valence electrons. The molecule has 2 aromatic rings. The van der Waals surface area contributed by atoms with Crippen LogP contribution in [0, 0.1) is 0 Å². The van der Waals surface area contributed by atoms with Crippen LogP contribution >= 0.6 is 11.3 Å². The highest BCUT2D eigenvalue weighted by atomic mass is 32.2. The van der Waals surface area contributed by atoms with E-state index in [0.717, 1.165) is 17.7 Å². The van der Waals surface area contributed by atoms with Gasteiger partial charge < -0.3 is 5.11 Å². The number of nitrogens with zero attached hydrogens (tertiary/aromatic N) is 3. The zero-order chi connectivity index (χ0) is 15.6. The predicted octanol–water partition coefficient (Wildman–Crippen LogP) is 2.28. The standard InChI is InChI=1S/C14H19N3O3S2/c18-8-2-1-3-10-22(19,20)14-16-15-13(12-5-4-9-21-12)17(14)11-6-7-11/h4-5,9,11,18H,1-3,6-8,10H2. The van der Waals surface area contributed by atoms with Gasteiger partial charge in [0, 0.05) is 12.6 Å². The molecule has 2 heterocycles. The molecule has 0 aromatic carbocycles. The maximum atomic E-state index is 12.5. The van der Waals surface area contributed by atoms with Crippen molar-refractivity contribution in [1.82, 2.24) is 14.8 Å². The smallest absolute Gasteiger partial charge is 0.250 e. The van der Waals surface area contributed by atoms with Crippen molar-refractivity contribution in [3.05, 3.63) is 17.5 Å². The minimum absolute atomic E-state index is 0.0578. The largest absolute Gasteiger partial charge is 0.396 e. The molecule has 0 saturated heterocycles.